The van der Waals surface area contributed by atoms with Gasteiger partial charge in [0, 0.05) is 12.1 Å². The number of carbonyl (C=O) groups excluding carboxylic acids is 1. The number of rotatable bonds is 9. The number of nitrogens with two attached hydrogens (primary N) is 2. The van der Waals surface area contributed by atoms with E-state index in [1.54, 1.807) is 24.3 Å². The van der Waals surface area contributed by atoms with E-state index in [4.69, 9.17) is 28.4 Å². The molecule has 0 radical (unpaired) electrons. The fourth-order valence-electron chi connectivity index (χ4n) is 1.53. The number of nitrogens with one attached hydrogen (secondary N) is 1. The molecule has 7 nitrogen and oxygen atoms in total. The van der Waals surface area contributed by atoms with E-state index in [0.29, 0.717) is 11.1 Å². The summed E-state index contributed by atoms with van der Waals surface area (Å²) in [4.78, 5) is 10.6. The van der Waals surface area contributed by atoms with E-state index in [0.717, 1.165) is 0 Å². The average molecular weight is 331 g/mol. The number of primary amides is 1. The number of hydrogen-bond donors (Lipinski definition) is 3. The van der Waals surface area contributed by atoms with Crippen molar-refractivity contribution >= 4 is 33.1 Å². The van der Waals surface area contributed by atoms with Crippen LogP contribution in [0.25, 0.3) is 0 Å². The monoisotopic (exact) mass is 331 g/mol. The molecule has 0 aliphatic rings. The third-order valence-corrected chi connectivity index (χ3v) is 3.97. The smallest absolute Gasteiger partial charge is 0.243 e. The van der Waals surface area contributed by atoms with Gasteiger partial charge < -0.3 is 16.2 Å². The van der Waals surface area contributed by atoms with E-state index in [1.807, 2.05) is 0 Å². The molecule has 0 aliphatic heterocycles. The first kappa shape index (κ1) is 17.5. The summed E-state index contributed by atoms with van der Waals surface area (Å²) in [5.74, 6) is -0.799. The van der Waals surface area contributed by atoms with Crippen molar-refractivity contribution in [3.63, 3.8) is 0 Å². The zero-order valence-corrected chi connectivity index (χ0v) is 12.9. The third kappa shape index (κ3) is 7.14. The van der Waals surface area contributed by atoms with Gasteiger partial charge in [-0.3, -0.25) is 4.79 Å². The van der Waals surface area contributed by atoms with Crippen LogP contribution in [0.4, 0.5) is 0 Å². The summed E-state index contributed by atoms with van der Waals surface area (Å²) in [5, 5.41) is 0. The van der Waals surface area contributed by atoms with Crippen LogP contribution in [-0.4, -0.2) is 39.1 Å². The maximum atomic E-state index is 11.9. The number of thiocarbonyl (C=S) groups is 1. The molecule has 0 heterocycles. The molecular weight excluding hydrogens is 314 g/mol. The van der Waals surface area contributed by atoms with Crippen molar-refractivity contribution in [2.75, 3.05) is 19.8 Å². The molecule has 1 aromatic rings. The van der Waals surface area contributed by atoms with Crippen LogP contribution < -0.4 is 16.2 Å². The molecule has 0 saturated heterocycles. The van der Waals surface area contributed by atoms with Crippen molar-refractivity contribution in [3.05, 3.63) is 35.4 Å². The van der Waals surface area contributed by atoms with Crippen LogP contribution in [0.1, 0.15) is 11.1 Å². The van der Waals surface area contributed by atoms with Gasteiger partial charge in [-0.15, -0.1) is 0 Å². The minimum atomic E-state index is -3.51. The molecule has 0 aromatic heterocycles. The second kappa shape index (κ2) is 8.03. The molecule has 0 bridgehead atoms. The number of sulfonamides is 1. The molecule has 116 valence electrons. The summed E-state index contributed by atoms with van der Waals surface area (Å²) < 4.78 is 30.9. The number of benzene rings is 1. The highest BCUT2D eigenvalue weighted by atomic mass is 32.2. The van der Waals surface area contributed by atoms with Gasteiger partial charge in [-0.05, 0) is 11.6 Å². The molecule has 0 unspecified atom stereocenters. The minimum absolute atomic E-state index is 0.0601. The topological polar surface area (TPSA) is 125 Å². The predicted octanol–water partition coefficient (Wildman–Crippen LogP) is -0.758. The van der Waals surface area contributed by atoms with Crippen molar-refractivity contribution in [1.29, 1.82) is 0 Å². The first-order chi connectivity index (χ1) is 9.80. The number of hydrogen-bond acceptors (Lipinski definition) is 5. The molecule has 0 spiro atoms. The van der Waals surface area contributed by atoms with Gasteiger partial charge >= 0.3 is 0 Å². The second-order valence-corrected chi connectivity index (χ2v) is 6.48. The number of amides is 1. The number of ether oxygens (including phenoxy) is 1. The Labute approximate surface area is 128 Å². The first-order valence-corrected chi connectivity index (χ1v) is 8.08. The Bertz CT molecular complexity index is 617. The number of carbonyl (C=O) groups is 1. The van der Waals surface area contributed by atoms with E-state index < -0.39 is 15.9 Å². The summed E-state index contributed by atoms with van der Waals surface area (Å²) in [6.45, 7) is -0.114. The fourth-order valence-corrected chi connectivity index (χ4v) is 2.77. The van der Waals surface area contributed by atoms with Gasteiger partial charge in [0.25, 0.3) is 0 Å². The Morgan fingerprint density at radius 2 is 2.05 bits per heavy atom. The predicted molar refractivity (Wildman–Crippen MR) is 83.0 cm³/mol. The molecule has 1 aromatic carbocycles. The Morgan fingerprint density at radius 3 is 2.67 bits per heavy atom. The summed E-state index contributed by atoms with van der Waals surface area (Å²) in [6, 6.07) is 6.70. The molecule has 0 aliphatic carbocycles. The Kier molecular flexibility index (Phi) is 6.69. The quantitative estimate of drug-likeness (QED) is 0.404. The van der Waals surface area contributed by atoms with E-state index >= 15 is 0 Å². The van der Waals surface area contributed by atoms with Crippen LogP contribution >= 0.6 is 12.2 Å². The first-order valence-electron chi connectivity index (χ1n) is 6.02. The van der Waals surface area contributed by atoms with Gasteiger partial charge in [0.2, 0.25) is 15.9 Å². The molecule has 5 N–H and O–H groups in total. The van der Waals surface area contributed by atoms with Gasteiger partial charge in [-0.25, -0.2) is 13.1 Å². The normalized spacial score (nSPS) is 11.2. The fraction of sp³-hybridized carbons (Fsp3) is 0.333. The summed E-state index contributed by atoms with van der Waals surface area (Å²) in [5.41, 5.74) is 11.6. The van der Waals surface area contributed by atoms with Crippen LogP contribution in [-0.2, 0) is 25.3 Å². The summed E-state index contributed by atoms with van der Waals surface area (Å²) >= 11 is 4.84. The molecule has 1 amide bonds. The second-order valence-electron chi connectivity index (χ2n) is 4.24. The van der Waals surface area contributed by atoms with Gasteiger partial charge in [0.15, 0.2) is 0 Å². The maximum absolute atomic E-state index is 11.9. The van der Waals surface area contributed by atoms with Crippen LogP contribution in [0.2, 0.25) is 0 Å². The SMILES string of the molecule is NC(=O)COCCNS(=O)(=O)Cc1cccc(C(N)=S)c1. The maximum Gasteiger partial charge on any atom is 0.243 e. The van der Waals surface area contributed by atoms with E-state index in [2.05, 4.69) is 4.72 Å². The largest absolute Gasteiger partial charge is 0.389 e. The van der Waals surface area contributed by atoms with Gasteiger partial charge in [0.1, 0.15) is 11.6 Å². The molecular formula is C12H17N3O4S2. The molecule has 9 heteroatoms. The van der Waals surface area contributed by atoms with Crippen LogP contribution in [0, 0.1) is 0 Å². The van der Waals surface area contributed by atoms with Crippen LogP contribution in [0.5, 0.6) is 0 Å². The van der Waals surface area contributed by atoms with E-state index in [1.165, 1.54) is 0 Å². The Hall–Kier alpha value is -1.55. The highest BCUT2D eigenvalue weighted by Gasteiger charge is 2.11. The lowest BCUT2D eigenvalue weighted by atomic mass is 10.1. The molecule has 0 saturated carbocycles. The van der Waals surface area contributed by atoms with Gasteiger partial charge in [-0.2, -0.15) is 0 Å². The van der Waals surface area contributed by atoms with Gasteiger partial charge in [0.05, 0.1) is 12.4 Å². The highest BCUT2D eigenvalue weighted by Crippen LogP contribution is 2.08. The lowest BCUT2D eigenvalue weighted by Crippen LogP contribution is -2.30. The summed E-state index contributed by atoms with van der Waals surface area (Å²) in [6.07, 6.45) is 0. The zero-order chi connectivity index (χ0) is 15.9. The van der Waals surface area contributed by atoms with Crippen LogP contribution in [0.15, 0.2) is 24.3 Å². The Balaban J connectivity index is 2.50. The van der Waals surface area contributed by atoms with Crippen molar-refractivity contribution in [3.8, 4) is 0 Å². The lowest BCUT2D eigenvalue weighted by molar-refractivity contribution is -0.122. The molecule has 1 rings (SSSR count). The molecule has 0 fully saturated rings. The molecule has 0 atom stereocenters. The third-order valence-electron chi connectivity index (χ3n) is 2.38. The Morgan fingerprint density at radius 1 is 1.33 bits per heavy atom. The van der Waals surface area contributed by atoms with Gasteiger partial charge in [-0.1, -0.05) is 30.4 Å². The minimum Gasteiger partial charge on any atom is -0.389 e. The van der Waals surface area contributed by atoms with E-state index in [-0.39, 0.29) is 30.5 Å². The molecule has 21 heavy (non-hydrogen) atoms. The highest BCUT2D eigenvalue weighted by molar-refractivity contribution is 7.88. The van der Waals surface area contributed by atoms with Crippen molar-refractivity contribution in [2.24, 2.45) is 11.5 Å². The summed E-state index contributed by atoms with van der Waals surface area (Å²) in [7, 11) is -3.51. The standard InChI is InChI=1S/C12H17N3O4S2/c13-11(16)7-19-5-4-15-21(17,18)8-9-2-1-3-10(6-9)12(14)20/h1-3,6,15H,4-5,7-8H2,(H2,13,16)(H2,14,20). The average Bonchev–Trinajstić information content (AvgIpc) is 2.37. The van der Waals surface area contributed by atoms with Crippen molar-refractivity contribution in [1.82, 2.24) is 4.72 Å². The van der Waals surface area contributed by atoms with Crippen molar-refractivity contribution < 1.29 is 17.9 Å². The van der Waals surface area contributed by atoms with Crippen molar-refractivity contribution in [2.45, 2.75) is 5.75 Å². The zero-order valence-electron chi connectivity index (χ0n) is 11.2. The lowest BCUT2D eigenvalue weighted by Gasteiger charge is -2.08. The van der Waals surface area contributed by atoms with E-state index in [9.17, 15) is 13.2 Å². The van der Waals surface area contributed by atoms with Crippen LogP contribution in [0.3, 0.4) is 0 Å².